The van der Waals surface area contributed by atoms with E-state index >= 15 is 0 Å². The van der Waals surface area contributed by atoms with Gasteiger partial charge in [-0.1, -0.05) is 73.5 Å². The third kappa shape index (κ3) is 4.14. The van der Waals surface area contributed by atoms with E-state index in [9.17, 15) is 9.59 Å². The number of amides is 2. The molecule has 2 aromatic rings. The van der Waals surface area contributed by atoms with E-state index in [1.807, 2.05) is 36.4 Å². The predicted octanol–water partition coefficient (Wildman–Crippen LogP) is 4.14. The van der Waals surface area contributed by atoms with Crippen LogP contribution in [0.15, 0.2) is 60.7 Å². The van der Waals surface area contributed by atoms with Gasteiger partial charge in [0.25, 0.3) is 0 Å². The highest BCUT2D eigenvalue weighted by molar-refractivity contribution is 5.84. The van der Waals surface area contributed by atoms with Gasteiger partial charge in [-0.25, -0.2) is 0 Å². The summed E-state index contributed by atoms with van der Waals surface area (Å²) in [5.74, 6) is 1.17. The van der Waals surface area contributed by atoms with Gasteiger partial charge >= 0.3 is 0 Å². The molecule has 3 fully saturated rings. The van der Waals surface area contributed by atoms with Crippen molar-refractivity contribution < 1.29 is 9.59 Å². The van der Waals surface area contributed by atoms with Crippen LogP contribution >= 0.6 is 0 Å². The Hall–Kier alpha value is -2.62. The van der Waals surface area contributed by atoms with E-state index in [0.717, 1.165) is 38.5 Å². The van der Waals surface area contributed by atoms with Crippen molar-refractivity contribution in [2.45, 2.75) is 62.4 Å². The van der Waals surface area contributed by atoms with E-state index in [4.69, 9.17) is 0 Å². The Morgan fingerprint density at radius 1 is 0.633 bits per heavy atom. The molecule has 4 heteroatoms. The zero-order chi connectivity index (χ0) is 20.5. The Kier molecular flexibility index (Phi) is 5.32. The number of carbonyl (C=O) groups is 2. The Labute approximate surface area is 178 Å². The zero-order valence-corrected chi connectivity index (χ0v) is 17.3. The van der Waals surface area contributed by atoms with Crippen molar-refractivity contribution in [3.63, 3.8) is 0 Å². The second-order valence-corrected chi connectivity index (χ2v) is 9.23. The first kappa shape index (κ1) is 19.3. The molecule has 0 aliphatic heterocycles. The summed E-state index contributed by atoms with van der Waals surface area (Å²) in [5.41, 5.74) is 2.51. The maximum atomic E-state index is 12.8. The average molecular weight is 403 g/mol. The Morgan fingerprint density at radius 3 is 1.43 bits per heavy atom. The maximum Gasteiger partial charge on any atom is 0.224 e. The molecule has 0 radical (unpaired) electrons. The van der Waals surface area contributed by atoms with Crippen molar-refractivity contribution >= 4 is 11.8 Å². The molecule has 0 unspecified atom stereocenters. The molecule has 2 amide bonds. The van der Waals surface area contributed by atoms with Crippen molar-refractivity contribution in [3.05, 3.63) is 71.8 Å². The van der Waals surface area contributed by atoms with E-state index in [1.54, 1.807) is 0 Å². The van der Waals surface area contributed by atoms with E-state index in [2.05, 4.69) is 34.9 Å². The first-order valence-electron chi connectivity index (χ1n) is 11.4. The van der Waals surface area contributed by atoms with Crippen molar-refractivity contribution in [2.75, 3.05) is 0 Å². The fourth-order valence-electron chi connectivity index (χ4n) is 5.16. The predicted molar refractivity (Wildman–Crippen MR) is 117 cm³/mol. The van der Waals surface area contributed by atoms with Gasteiger partial charge in [-0.05, 0) is 48.6 Å². The normalized spacial score (nSPS) is 32.1. The Bertz CT molecular complexity index is 822. The molecule has 0 spiro atoms. The summed E-state index contributed by atoms with van der Waals surface area (Å²) >= 11 is 0. The smallest absolute Gasteiger partial charge is 0.224 e. The van der Waals surface area contributed by atoms with Crippen LogP contribution < -0.4 is 10.6 Å². The van der Waals surface area contributed by atoms with Crippen LogP contribution in [0.1, 0.15) is 61.5 Å². The maximum absolute atomic E-state index is 12.8. The van der Waals surface area contributed by atoms with Crippen molar-refractivity contribution in [3.8, 4) is 0 Å². The van der Waals surface area contributed by atoms with Crippen LogP contribution in [-0.4, -0.2) is 23.9 Å². The zero-order valence-electron chi connectivity index (χ0n) is 17.3. The molecule has 0 aromatic heterocycles. The van der Waals surface area contributed by atoms with Gasteiger partial charge < -0.3 is 10.6 Å². The molecule has 0 bridgehead atoms. The quantitative estimate of drug-likeness (QED) is 0.763. The lowest BCUT2D eigenvalue weighted by Crippen LogP contribution is -2.53. The number of nitrogens with one attached hydrogen (secondary N) is 2. The molecular formula is C26H30N2O2. The number of rotatable bonds is 6. The van der Waals surface area contributed by atoms with Crippen LogP contribution in [0.3, 0.4) is 0 Å². The first-order valence-corrected chi connectivity index (χ1v) is 11.4. The molecule has 3 aliphatic carbocycles. The van der Waals surface area contributed by atoms with Crippen molar-refractivity contribution in [1.82, 2.24) is 10.6 Å². The molecule has 5 rings (SSSR count). The van der Waals surface area contributed by atoms with Crippen LogP contribution in [0.4, 0.5) is 0 Å². The topological polar surface area (TPSA) is 58.2 Å². The summed E-state index contributed by atoms with van der Waals surface area (Å²) in [6.07, 6.45) is 5.99. The second-order valence-electron chi connectivity index (χ2n) is 9.23. The monoisotopic (exact) mass is 402 g/mol. The highest BCUT2D eigenvalue weighted by atomic mass is 16.2. The Morgan fingerprint density at radius 2 is 1.03 bits per heavy atom. The summed E-state index contributed by atoms with van der Waals surface area (Å²) < 4.78 is 0. The minimum absolute atomic E-state index is 0.0566. The van der Waals surface area contributed by atoms with Gasteiger partial charge in [0.05, 0.1) is 0 Å². The summed E-state index contributed by atoms with van der Waals surface area (Å²) in [7, 11) is 0. The van der Waals surface area contributed by atoms with Gasteiger partial charge in [0.2, 0.25) is 11.8 Å². The molecule has 156 valence electrons. The number of carbonyl (C=O) groups excluding carboxylic acids is 2. The largest absolute Gasteiger partial charge is 0.351 e. The van der Waals surface area contributed by atoms with E-state index in [1.165, 1.54) is 11.1 Å². The van der Waals surface area contributed by atoms with Gasteiger partial charge in [-0.2, -0.15) is 0 Å². The molecule has 30 heavy (non-hydrogen) atoms. The van der Waals surface area contributed by atoms with E-state index in [0.29, 0.717) is 11.8 Å². The molecule has 3 aliphatic rings. The van der Waals surface area contributed by atoms with Gasteiger partial charge in [-0.3, -0.25) is 9.59 Å². The number of benzene rings is 2. The van der Waals surface area contributed by atoms with Crippen LogP contribution in [0, 0.1) is 11.8 Å². The Balaban J connectivity index is 1.16. The van der Waals surface area contributed by atoms with E-state index < -0.39 is 0 Å². The SMILES string of the molecule is O=C(N[C@H]1CCCC[C@H]1NC(=O)[C@@H]1C[C@H]1c1ccccc1)[C@@H]1C[C@@H]1c1ccccc1. The lowest BCUT2D eigenvalue weighted by atomic mass is 9.89. The van der Waals surface area contributed by atoms with Gasteiger partial charge in [0.15, 0.2) is 0 Å². The summed E-state index contributed by atoms with van der Waals surface area (Å²) in [5, 5.41) is 6.57. The minimum atomic E-state index is 0.0566. The van der Waals surface area contributed by atoms with Gasteiger partial charge in [0, 0.05) is 23.9 Å². The molecular weight excluding hydrogens is 372 g/mol. The molecule has 2 aromatic carbocycles. The molecule has 4 nitrogen and oxygen atoms in total. The fourth-order valence-corrected chi connectivity index (χ4v) is 5.16. The van der Waals surface area contributed by atoms with Gasteiger partial charge in [-0.15, -0.1) is 0 Å². The lowest BCUT2D eigenvalue weighted by Gasteiger charge is -2.33. The highest BCUT2D eigenvalue weighted by Gasteiger charge is 2.46. The summed E-state index contributed by atoms with van der Waals surface area (Å²) in [6, 6.07) is 20.7. The first-order chi connectivity index (χ1) is 14.7. The average Bonchev–Trinajstić information content (AvgIpc) is 3.70. The molecule has 6 atom stereocenters. The van der Waals surface area contributed by atoms with Crippen LogP contribution in [0.5, 0.6) is 0 Å². The van der Waals surface area contributed by atoms with Crippen LogP contribution in [0.25, 0.3) is 0 Å². The van der Waals surface area contributed by atoms with Crippen molar-refractivity contribution in [2.24, 2.45) is 11.8 Å². The molecule has 3 saturated carbocycles. The van der Waals surface area contributed by atoms with Crippen LogP contribution in [-0.2, 0) is 9.59 Å². The molecule has 0 saturated heterocycles. The van der Waals surface area contributed by atoms with Crippen LogP contribution in [0.2, 0.25) is 0 Å². The molecule has 0 heterocycles. The van der Waals surface area contributed by atoms with Gasteiger partial charge in [0.1, 0.15) is 0 Å². The third-order valence-electron chi connectivity index (χ3n) is 7.13. The number of hydrogen-bond donors (Lipinski definition) is 2. The molecule has 2 N–H and O–H groups in total. The fraction of sp³-hybridized carbons (Fsp3) is 0.462. The van der Waals surface area contributed by atoms with E-state index in [-0.39, 0.29) is 35.7 Å². The van der Waals surface area contributed by atoms with Crippen molar-refractivity contribution in [1.29, 1.82) is 0 Å². The summed E-state index contributed by atoms with van der Waals surface area (Å²) in [6.45, 7) is 0. The second kappa shape index (κ2) is 8.25. The summed E-state index contributed by atoms with van der Waals surface area (Å²) in [4.78, 5) is 25.7. The minimum Gasteiger partial charge on any atom is -0.351 e. The number of hydrogen-bond acceptors (Lipinski definition) is 2. The highest BCUT2D eigenvalue weighted by Crippen LogP contribution is 2.48. The standard InChI is InChI=1S/C26H30N2O2/c29-25(21-15-19(21)17-9-3-1-4-10-17)27-23-13-7-8-14-24(23)28-26(30)22-16-20(22)18-11-5-2-6-12-18/h1-6,9-12,19-24H,7-8,13-16H2,(H,27,29)(H,28,30)/t19-,20+,21-,22-,23+,24-/m1/s1. The lowest BCUT2D eigenvalue weighted by molar-refractivity contribution is -0.126. The third-order valence-corrected chi connectivity index (χ3v) is 7.13.